The summed E-state index contributed by atoms with van der Waals surface area (Å²) in [6, 6.07) is 0. The van der Waals surface area contributed by atoms with E-state index in [4.69, 9.17) is 0 Å². The number of hydrogen-bond acceptors (Lipinski definition) is 4. The van der Waals surface area contributed by atoms with Gasteiger partial charge in [-0.15, -0.1) is 0 Å². The average molecular weight is 386 g/mol. The monoisotopic (exact) mass is 386 g/mol. The van der Waals surface area contributed by atoms with Crippen molar-refractivity contribution >= 4 is 7.82 Å². The van der Waals surface area contributed by atoms with E-state index in [1.807, 2.05) is 0 Å². The summed E-state index contributed by atoms with van der Waals surface area (Å²) in [6.07, 6.45) is -6.76. The molecule has 0 aromatic carbocycles. The van der Waals surface area contributed by atoms with Crippen molar-refractivity contribution in [1.82, 2.24) is 0 Å². The van der Waals surface area contributed by atoms with E-state index in [1.54, 1.807) is 13.8 Å². The molecule has 24 heavy (non-hydrogen) atoms. The topological polar surface area (TPSA) is 44.8 Å². The number of allylic oxidation sites excluding steroid dienone is 2. The predicted molar refractivity (Wildman–Crippen MR) is 75.2 cm³/mol. The molecule has 0 N–H and O–H groups in total. The lowest BCUT2D eigenvalue weighted by molar-refractivity contribution is -0.271. The van der Waals surface area contributed by atoms with Crippen LogP contribution in [0.1, 0.15) is 40.5 Å². The van der Waals surface area contributed by atoms with E-state index < -0.39 is 37.9 Å². The zero-order valence-corrected chi connectivity index (χ0v) is 14.6. The van der Waals surface area contributed by atoms with Gasteiger partial charge in [-0.2, -0.15) is 22.0 Å². The van der Waals surface area contributed by atoms with Crippen molar-refractivity contribution < 1.29 is 44.5 Å². The Morgan fingerprint density at radius 1 is 1.04 bits per heavy atom. The van der Waals surface area contributed by atoms with Gasteiger partial charge in [-0.25, -0.2) is 8.96 Å². The minimum atomic E-state index is -6.16. The first-order valence-corrected chi connectivity index (χ1v) is 8.69. The second-order valence-electron chi connectivity index (χ2n) is 5.12. The van der Waals surface area contributed by atoms with E-state index in [2.05, 4.69) is 13.6 Å². The van der Waals surface area contributed by atoms with E-state index >= 15 is 0 Å². The first-order valence-electron chi connectivity index (χ1n) is 7.23. The molecule has 0 saturated carbocycles. The van der Waals surface area contributed by atoms with Gasteiger partial charge in [0.05, 0.1) is 13.2 Å². The van der Waals surface area contributed by atoms with Crippen LogP contribution in [-0.4, -0.2) is 25.3 Å². The fourth-order valence-electron chi connectivity index (χ4n) is 1.46. The Kier molecular flexibility index (Phi) is 8.83. The maximum atomic E-state index is 13.9. The molecular weight excluding hydrogens is 365 g/mol. The SMILES string of the molecule is CCOP(=O)(OCC)OC(CCC(C)C)=C(F)C(F)(F)C(F)(F)F. The van der Waals surface area contributed by atoms with E-state index in [9.17, 15) is 30.9 Å². The molecule has 11 heteroatoms. The van der Waals surface area contributed by atoms with E-state index in [1.165, 1.54) is 13.8 Å². The van der Waals surface area contributed by atoms with Gasteiger partial charge in [0.15, 0.2) is 0 Å². The van der Waals surface area contributed by atoms with Crippen molar-refractivity contribution in [1.29, 1.82) is 0 Å². The molecule has 0 aliphatic rings. The second-order valence-corrected chi connectivity index (χ2v) is 6.71. The molecular formula is C13H21F6O4P. The minimum absolute atomic E-state index is 0.0228. The van der Waals surface area contributed by atoms with Gasteiger partial charge < -0.3 is 4.52 Å². The highest BCUT2D eigenvalue weighted by Gasteiger charge is 2.62. The first-order chi connectivity index (χ1) is 10.8. The van der Waals surface area contributed by atoms with Crippen molar-refractivity contribution in [2.45, 2.75) is 52.6 Å². The van der Waals surface area contributed by atoms with E-state index in [0.29, 0.717) is 0 Å². The molecule has 0 rings (SSSR count). The molecule has 0 bridgehead atoms. The van der Waals surface area contributed by atoms with Crippen molar-refractivity contribution in [2.24, 2.45) is 5.92 Å². The molecule has 0 radical (unpaired) electrons. The van der Waals surface area contributed by atoms with Gasteiger partial charge in [0, 0.05) is 6.42 Å². The molecule has 0 amide bonds. The van der Waals surface area contributed by atoms with E-state index in [0.717, 1.165) is 0 Å². The lowest BCUT2D eigenvalue weighted by Gasteiger charge is -2.23. The van der Waals surface area contributed by atoms with Gasteiger partial charge in [0.1, 0.15) is 5.76 Å². The van der Waals surface area contributed by atoms with Crippen molar-refractivity contribution in [3.8, 4) is 0 Å². The van der Waals surface area contributed by atoms with Crippen molar-refractivity contribution in [3.05, 3.63) is 11.6 Å². The highest BCUT2D eigenvalue weighted by molar-refractivity contribution is 7.48. The van der Waals surface area contributed by atoms with Gasteiger partial charge >= 0.3 is 19.9 Å². The third kappa shape index (κ3) is 6.64. The van der Waals surface area contributed by atoms with Crippen LogP contribution in [-0.2, 0) is 18.1 Å². The smallest absolute Gasteiger partial charge is 0.406 e. The summed E-state index contributed by atoms with van der Waals surface area (Å²) >= 11 is 0. The van der Waals surface area contributed by atoms with Gasteiger partial charge in [-0.05, 0) is 26.2 Å². The summed E-state index contributed by atoms with van der Waals surface area (Å²) in [5.74, 6) is -10.2. The van der Waals surface area contributed by atoms with Crippen LogP contribution < -0.4 is 0 Å². The van der Waals surface area contributed by atoms with Gasteiger partial charge in [0.25, 0.3) is 0 Å². The van der Waals surface area contributed by atoms with Crippen LogP contribution in [0.15, 0.2) is 11.6 Å². The zero-order valence-electron chi connectivity index (χ0n) is 13.8. The van der Waals surface area contributed by atoms with Crippen LogP contribution in [0, 0.1) is 5.92 Å². The van der Waals surface area contributed by atoms with E-state index in [-0.39, 0.29) is 25.6 Å². The third-order valence-electron chi connectivity index (χ3n) is 2.62. The Morgan fingerprint density at radius 3 is 1.83 bits per heavy atom. The number of phosphoric ester groups is 1. The van der Waals surface area contributed by atoms with Crippen LogP contribution in [0.5, 0.6) is 0 Å². The maximum absolute atomic E-state index is 13.9. The van der Waals surface area contributed by atoms with Crippen LogP contribution in [0.2, 0.25) is 0 Å². The van der Waals surface area contributed by atoms with Gasteiger partial charge in [-0.1, -0.05) is 13.8 Å². The van der Waals surface area contributed by atoms with Crippen LogP contribution in [0.3, 0.4) is 0 Å². The summed E-state index contributed by atoms with van der Waals surface area (Å²) < 4.78 is 103. The number of hydrogen-bond donors (Lipinski definition) is 0. The number of alkyl halides is 5. The zero-order chi connectivity index (χ0) is 19.2. The van der Waals surface area contributed by atoms with Crippen LogP contribution >= 0.6 is 7.82 Å². The minimum Gasteiger partial charge on any atom is -0.406 e. The molecule has 0 spiro atoms. The molecule has 0 fully saturated rings. The molecule has 0 heterocycles. The fourth-order valence-corrected chi connectivity index (χ4v) is 2.71. The molecule has 0 saturated heterocycles. The molecule has 4 nitrogen and oxygen atoms in total. The predicted octanol–water partition coefficient (Wildman–Crippen LogP) is 6.00. The Balaban J connectivity index is 5.82. The lowest BCUT2D eigenvalue weighted by Crippen LogP contribution is -2.37. The normalized spacial score (nSPS) is 14.8. The first kappa shape index (κ1) is 23.3. The molecule has 0 aromatic heterocycles. The summed E-state index contributed by atoms with van der Waals surface area (Å²) in [5, 5.41) is 0. The van der Waals surface area contributed by atoms with Gasteiger partial charge in [-0.3, -0.25) is 9.05 Å². The Hall–Kier alpha value is -0.730. The number of phosphoric acid groups is 1. The van der Waals surface area contributed by atoms with Gasteiger partial charge in [0.2, 0.25) is 5.83 Å². The standard InChI is InChI=1S/C13H21F6O4P/c1-5-21-24(20,22-6-2)23-10(8-7-9(3)4)11(14)12(15,16)13(17,18)19/h9H,5-8H2,1-4H3. The molecule has 0 unspecified atom stereocenters. The Bertz CT molecular complexity index is 466. The molecule has 0 aromatic rings. The summed E-state index contributed by atoms with van der Waals surface area (Å²) in [4.78, 5) is 0. The summed E-state index contributed by atoms with van der Waals surface area (Å²) in [5.41, 5.74) is 0. The summed E-state index contributed by atoms with van der Waals surface area (Å²) in [7, 11) is -4.51. The number of halogens is 6. The van der Waals surface area contributed by atoms with Crippen molar-refractivity contribution in [2.75, 3.05) is 13.2 Å². The lowest BCUT2D eigenvalue weighted by atomic mass is 10.1. The Morgan fingerprint density at radius 2 is 1.50 bits per heavy atom. The molecule has 0 aliphatic carbocycles. The highest BCUT2D eigenvalue weighted by Crippen LogP contribution is 2.54. The average Bonchev–Trinajstić information content (AvgIpc) is 2.41. The molecule has 144 valence electrons. The fraction of sp³-hybridized carbons (Fsp3) is 0.846. The number of rotatable bonds is 10. The van der Waals surface area contributed by atoms with Crippen LogP contribution in [0.25, 0.3) is 0 Å². The summed E-state index contributed by atoms with van der Waals surface area (Å²) in [6.45, 7) is 5.53. The molecule has 0 aliphatic heterocycles. The maximum Gasteiger partial charge on any atom is 0.529 e. The third-order valence-corrected chi connectivity index (χ3v) is 4.21. The largest absolute Gasteiger partial charge is 0.529 e. The molecule has 0 atom stereocenters. The van der Waals surface area contributed by atoms with Crippen molar-refractivity contribution in [3.63, 3.8) is 0 Å². The second kappa shape index (κ2) is 9.10. The highest BCUT2D eigenvalue weighted by atomic mass is 31.2. The Labute approximate surface area is 136 Å². The van der Waals surface area contributed by atoms with Crippen LogP contribution in [0.4, 0.5) is 26.3 Å². The quantitative estimate of drug-likeness (QED) is 0.262.